The van der Waals surface area contributed by atoms with Crippen molar-refractivity contribution in [1.29, 1.82) is 0 Å². The highest BCUT2D eigenvalue weighted by Crippen LogP contribution is 2.74. The molecule has 1 saturated heterocycles. The summed E-state index contributed by atoms with van der Waals surface area (Å²) in [6.07, 6.45) is 6.84. The predicted octanol–water partition coefficient (Wildman–Crippen LogP) is 5.61. The van der Waals surface area contributed by atoms with Crippen LogP contribution in [-0.2, 0) is 14.4 Å². The molecule has 5 aliphatic carbocycles. The Morgan fingerprint density at radius 1 is 1.11 bits per heavy atom. The fourth-order valence-corrected chi connectivity index (χ4v) is 10.0. The highest BCUT2D eigenvalue weighted by molar-refractivity contribution is 6.23. The van der Waals surface area contributed by atoms with Crippen molar-refractivity contribution < 1.29 is 24.4 Å². The number of fused-ring (bicyclic) bond motifs is 1. The molecule has 0 radical (unpaired) electrons. The lowest BCUT2D eigenvalue weighted by Crippen LogP contribution is -2.65. The number of anilines is 1. The van der Waals surface area contributed by atoms with Gasteiger partial charge >= 0.3 is 5.97 Å². The summed E-state index contributed by atoms with van der Waals surface area (Å²) in [6, 6.07) is 6.00. The molecule has 1 aliphatic heterocycles. The predicted molar refractivity (Wildman–Crippen MR) is 140 cm³/mol. The van der Waals surface area contributed by atoms with Gasteiger partial charge in [0.05, 0.1) is 22.2 Å². The van der Waals surface area contributed by atoms with E-state index in [9.17, 15) is 29.6 Å². The number of carboxylic acids is 1. The van der Waals surface area contributed by atoms with Crippen LogP contribution in [0.15, 0.2) is 35.9 Å². The van der Waals surface area contributed by atoms with Crippen LogP contribution >= 0.6 is 0 Å². The molecule has 1 N–H and O–H groups in total. The van der Waals surface area contributed by atoms with Crippen molar-refractivity contribution in [3.8, 4) is 0 Å². The molecule has 2 amide bonds. The largest absolute Gasteiger partial charge is 0.481 e. The maximum atomic E-state index is 14.3. The Bertz CT molecular complexity index is 1300. The molecule has 6 aliphatic rings. The van der Waals surface area contributed by atoms with E-state index in [1.165, 1.54) is 17.7 Å². The summed E-state index contributed by atoms with van der Waals surface area (Å²) in [5.41, 5.74) is -0.593. The Labute approximate surface area is 222 Å². The van der Waals surface area contributed by atoms with E-state index in [-0.39, 0.29) is 52.3 Å². The Morgan fingerprint density at radius 2 is 1.82 bits per heavy atom. The van der Waals surface area contributed by atoms with Crippen LogP contribution in [0.25, 0.3) is 0 Å². The second-order valence-electron chi connectivity index (χ2n) is 13.2. The molecule has 8 heteroatoms. The summed E-state index contributed by atoms with van der Waals surface area (Å²) < 4.78 is 0. The van der Waals surface area contributed by atoms with Crippen molar-refractivity contribution in [2.75, 3.05) is 4.90 Å². The van der Waals surface area contributed by atoms with Crippen LogP contribution in [-0.4, -0.2) is 27.8 Å². The first-order valence-corrected chi connectivity index (χ1v) is 14.0. The number of aliphatic carboxylic acids is 1. The van der Waals surface area contributed by atoms with Crippen LogP contribution in [0.4, 0.5) is 11.4 Å². The fourth-order valence-electron chi connectivity index (χ4n) is 10.0. The van der Waals surface area contributed by atoms with E-state index in [1.807, 2.05) is 6.92 Å². The van der Waals surface area contributed by atoms with E-state index < -0.39 is 33.6 Å². The molecule has 1 aromatic carbocycles. The zero-order valence-corrected chi connectivity index (χ0v) is 22.5. The van der Waals surface area contributed by atoms with Gasteiger partial charge in [-0.3, -0.25) is 24.5 Å². The number of nitrogens with zero attached hydrogens (tertiary/aromatic N) is 2. The van der Waals surface area contributed by atoms with Gasteiger partial charge in [-0.2, -0.15) is 0 Å². The topological polar surface area (TPSA) is 118 Å². The standard InChI is InChI=1S/C30H36N2O6/c1-16(2)18-15-30-13-10-21-28(3,11-7-12-29(21,4)27(35)36)22(30)14-17(18)23-24(30)26(34)31(25(23)33)19-8-5-6-9-20(19)32(37)38/h5-6,8-9,15-17,21-24H,7,10-14H2,1-4H3,(H,35,36)/t17-,21-,22-,23-,24+,28+,29-,30-/m0/s1. The molecule has 0 aromatic heterocycles. The lowest BCUT2D eigenvalue weighted by atomic mass is 9.34. The van der Waals surface area contributed by atoms with Gasteiger partial charge in [0.15, 0.2) is 0 Å². The Morgan fingerprint density at radius 3 is 2.47 bits per heavy atom. The summed E-state index contributed by atoms with van der Waals surface area (Å²) in [6.45, 7) is 8.39. The van der Waals surface area contributed by atoms with E-state index in [1.54, 1.807) is 12.1 Å². The fraction of sp³-hybridized carbons (Fsp3) is 0.633. The number of hydrogen-bond donors (Lipinski definition) is 1. The number of nitro benzene ring substituents is 1. The SMILES string of the molecule is CC(C)C1=C[C@@]23CC[C@H]4[C@@](C)(CCC[C@]4(C)C(=O)O)[C@@H]2C[C@@H]1[C@@H]1C(=O)N(c2ccccc2[N+](=O)[O-])C(=O)[C@@H]13. The Balaban J connectivity index is 1.50. The molecule has 3 saturated carbocycles. The minimum absolute atomic E-state index is 0.00379. The smallest absolute Gasteiger partial charge is 0.309 e. The molecular weight excluding hydrogens is 484 g/mol. The quantitative estimate of drug-likeness (QED) is 0.239. The second kappa shape index (κ2) is 7.99. The van der Waals surface area contributed by atoms with Crippen molar-refractivity contribution in [2.45, 2.75) is 66.2 Å². The van der Waals surface area contributed by atoms with Gasteiger partial charge in [-0.15, -0.1) is 0 Å². The average molecular weight is 521 g/mol. The lowest BCUT2D eigenvalue weighted by molar-refractivity contribution is -0.384. The number of nitro groups is 1. The number of hydrogen-bond acceptors (Lipinski definition) is 5. The zero-order chi connectivity index (χ0) is 27.4. The summed E-state index contributed by atoms with van der Waals surface area (Å²) in [7, 11) is 0. The molecule has 202 valence electrons. The highest BCUT2D eigenvalue weighted by Gasteiger charge is 2.73. The number of benzene rings is 1. The minimum Gasteiger partial charge on any atom is -0.481 e. The van der Waals surface area contributed by atoms with Crippen molar-refractivity contribution in [1.82, 2.24) is 0 Å². The van der Waals surface area contributed by atoms with Gasteiger partial charge in [-0.05, 0) is 74.2 Å². The first-order valence-electron chi connectivity index (χ1n) is 14.0. The van der Waals surface area contributed by atoms with Gasteiger partial charge in [0, 0.05) is 11.5 Å². The van der Waals surface area contributed by atoms with E-state index >= 15 is 0 Å². The normalized spacial score (nSPS) is 41.4. The highest BCUT2D eigenvalue weighted by atomic mass is 16.6. The number of rotatable bonds is 4. The molecular formula is C30H36N2O6. The second-order valence-corrected chi connectivity index (χ2v) is 13.2. The van der Waals surface area contributed by atoms with Crippen molar-refractivity contribution in [3.05, 3.63) is 46.0 Å². The molecule has 0 unspecified atom stereocenters. The monoisotopic (exact) mass is 520 g/mol. The number of carbonyl (C=O) groups is 3. The van der Waals surface area contributed by atoms with E-state index in [2.05, 4.69) is 26.8 Å². The van der Waals surface area contributed by atoms with Gasteiger partial charge < -0.3 is 5.11 Å². The van der Waals surface area contributed by atoms with E-state index in [4.69, 9.17) is 0 Å². The molecule has 38 heavy (non-hydrogen) atoms. The molecule has 8 nitrogen and oxygen atoms in total. The zero-order valence-electron chi connectivity index (χ0n) is 22.5. The third-order valence-corrected chi connectivity index (χ3v) is 11.5. The van der Waals surface area contributed by atoms with Crippen LogP contribution in [0.5, 0.6) is 0 Å². The number of carboxylic acid groups (broad SMARTS) is 1. The summed E-state index contributed by atoms with van der Waals surface area (Å²) in [5.74, 6) is -2.32. The van der Waals surface area contributed by atoms with Crippen LogP contribution in [0, 0.1) is 61.9 Å². The minimum atomic E-state index is -0.804. The summed E-state index contributed by atoms with van der Waals surface area (Å²) in [4.78, 5) is 53.3. The van der Waals surface area contributed by atoms with Gasteiger partial charge in [-0.25, -0.2) is 4.90 Å². The molecule has 4 fully saturated rings. The van der Waals surface area contributed by atoms with E-state index in [0.717, 1.165) is 24.2 Å². The number of allylic oxidation sites excluding steroid dienone is 2. The third-order valence-electron chi connectivity index (χ3n) is 11.5. The molecule has 2 bridgehead atoms. The first kappa shape index (κ1) is 25.3. The van der Waals surface area contributed by atoms with Crippen LogP contribution in [0.2, 0.25) is 0 Å². The van der Waals surface area contributed by atoms with Crippen LogP contribution in [0.3, 0.4) is 0 Å². The summed E-state index contributed by atoms with van der Waals surface area (Å²) >= 11 is 0. The van der Waals surface area contributed by atoms with Crippen molar-refractivity contribution in [3.63, 3.8) is 0 Å². The first-order chi connectivity index (χ1) is 17.9. The number of para-hydroxylation sites is 2. The van der Waals surface area contributed by atoms with E-state index in [0.29, 0.717) is 19.3 Å². The lowest BCUT2D eigenvalue weighted by Gasteiger charge is -2.68. The van der Waals surface area contributed by atoms with Gasteiger partial charge in [-0.1, -0.05) is 51.0 Å². The Kier molecular flexibility index (Phi) is 5.31. The number of amides is 2. The van der Waals surface area contributed by atoms with Crippen LogP contribution in [0.1, 0.15) is 66.2 Å². The molecule has 8 atom stereocenters. The van der Waals surface area contributed by atoms with Gasteiger partial charge in [0.1, 0.15) is 5.69 Å². The van der Waals surface area contributed by atoms with Crippen molar-refractivity contribution >= 4 is 29.2 Å². The molecule has 1 spiro atoms. The summed E-state index contributed by atoms with van der Waals surface area (Å²) in [5, 5.41) is 22.1. The maximum Gasteiger partial charge on any atom is 0.309 e. The van der Waals surface area contributed by atoms with Crippen molar-refractivity contribution in [2.24, 2.45) is 51.8 Å². The number of carbonyl (C=O) groups excluding carboxylic acids is 2. The molecule has 7 rings (SSSR count). The third kappa shape index (κ3) is 2.94. The van der Waals surface area contributed by atoms with Crippen LogP contribution < -0.4 is 4.90 Å². The van der Waals surface area contributed by atoms with Gasteiger partial charge in [0.25, 0.3) is 5.69 Å². The Hall–Kier alpha value is -3.03. The maximum absolute atomic E-state index is 14.3. The number of imide groups is 1. The average Bonchev–Trinajstić information content (AvgIpc) is 3.15. The molecule has 1 aromatic rings. The van der Waals surface area contributed by atoms with Gasteiger partial charge in [0.2, 0.25) is 11.8 Å². The molecule has 1 heterocycles.